The van der Waals surface area contributed by atoms with Crippen LogP contribution in [0.3, 0.4) is 0 Å². The van der Waals surface area contributed by atoms with Gasteiger partial charge in [-0.3, -0.25) is 4.79 Å². The SMILES string of the molecule is CC(C)C(C(=O)NC(C)(C)C)C(C)(C)C. The summed E-state index contributed by atoms with van der Waals surface area (Å²) in [5.41, 5.74) is -0.126. The Labute approximate surface area is 94.8 Å². The Morgan fingerprint density at radius 1 is 1.00 bits per heavy atom. The summed E-state index contributed by atoms with van der Waals surface area (Å²) in [4.78, 5) is 12.1. The summed E-state index contributed by atoms with van der Waals surface area (Å²) in [5, 5.41) is 3.07. The van der Waals surface area contributed by atoms with E-state index in [1.807, 2.05) is 20.8 Å². The van der Waals surface area contributed by atoms with Gasteiger partial charge in [-0.25, -0.2) is 0 Å². The average Bonchev–Trinajstić information content (AvgIpc) is 1.74. The van der Waals surface area contributed by atoms with Crippen molar-refractivity contribution in [3.05, 3.63) is 0 Å². The Hall–Kier alpha value is -0.530. The minimum absolute atomic E-state index is 0.0174. The number of hydrogen-bond acceptors (Lipinski definition) is 1. The highest BCUT2D eigenvalue weighted by molar-refractivity contribution is 5.80. The highest BCUT2D eigenvalue weighted by Gasteiger charge is 2.35. The fraction of sp³-hybridized carbons (Fsp3) is 0.923. The first-order valence-corrected chi connectivity index (χ1v) is 5.77. The summed E-state index contributed by atoms with van der Waals surface area (Å²) in [6.07, 6.45) is 0. The van der Waals surface area contributed by atoms with Gasteiger partial charge in [0.1, 0.15) is 0 Å². The molecule has 0 aromatic heterocycles. The van der Waals surface area contributed by atoms with Crippen molar-refractivity contribution in [2.24, 2.45) is 17.3 Å². The molecule has 0 aliphatic rings. The van der Waals surface area contributed by atoms with E-state index >= 15 is 0 Å². The summed E-state index contributed by atoms with van der Waals surface area (Å²) in [7, 11) is 0. The van der Waals surface area contributed by atoms with E-state index in [4.69, 9.17) is 0 Å². The molecule has 0 spiro atoms. The van der Waals surface area contributed by atoms with E-state index in [2.05, 4.69) is 39.9 Å². The van der Waals surface area contributed by atoms with Crippen LogP contribution in [0.25, 0.3) is 0 Å². The number of nitrogens with one attached hydrogen (secondary N) is 1. The monoisotopic (exact) mass is 213 g/mol. The lowest BCUT2D eigenvalue weighted by atomic mass is 9.73. The maximum absolute atomic E-state index is 12.1. The van der Waals surface area contributed by atoms with Crippen molar-refractivity contribution in [3.63, 3.8) is 0 Å². The standard InChI is InChI=1S/C13H27NO/c1-9(2)10(12(3,4)5)11(15)14-13(6,7)8/h9-10H,1-8H3,(H,14,15). The van der Waals surface area contributed by atoms with Crippen LogP contribution in [0.2, 0.25) is 0 Å². The van der Waals surface area contributed by atoms with Gasteiger partial charge < -0.3 is 5.32 Å². The quantitative estimate of drug-likeness (QED) is 0.749. The van der Waals surface area contributed by atoms with Crippen molar-refractivity contribution in [1.82, 2.24) is 5.32 Å². The second-order valence-corrected chi connectivity index (χ2v) is 6.83. The van der Waals surface area contributed by atoms with Crippen LogP contribution in [-0.4, -0.2) is 11.4 Å². The van der Waals surface area contributed by atoms with Crippen LogP contribution < -0.4 is 5.32 Å². The zero-order valence-corrected chi connectivity index (χ0v) is 11.6. The van der Waals surface area contributed by atoms with Crippen molar-refractivity contribution in [2.75, 3.05) is 0 Å². The number of rotatable bonds is 2. The van der Waals surface area contributed by atoms with Gasteiger partial charge in [0.15, 0.2) is 0 Å². The number of amides is 1. The largest absolute Gasteiger partial charge is 0.351 e. The van der Waals surface area contributed by atoms with E-state index in [9.17, 15) is 4.79 Å². The Bertz CT molecular complexity index is 218. The molecule has 1 unspecified atom stereocenters. The molecule has 0 aromatic rings. The Morgan fingerprint density at radius 3 is 1.60 bits per heavy atom. The molecular weight excluding hydrogens is 186 g/mol. The Balaban J connectivity index is 4.74. The molecule has 0 aliphatic carbocycles. The van der Waals surface area contributed by atoms with Gasteiger partial charge in [-0.05, 0) is 32.1 Å². The van der Waals surface area contributed by atoms with Gasteiger partial charge >= 0.3 is 0 Å². The summed E-state index contributed by atoms with van der Waals surface area (Å²) >= 11 is 0. The van der Waals surface area contributed by atoms with E-state index in [1.54, 1.807) is 0 Å². The zero-order chi connectivity index (χ0) is 12.4. The fourth-order valence-electron chi connectivity index (χ4n) is 2.14. The maximum Gasteiger partial charge on any atom is 0.224 e. The summed E-state index contributed by atoms with van der Waals surface area (Å²) < 4.78 is 0. The first-order valence-electron chi connectivity index (χ1n) is 5.77. The van der Waals surface area contributed by atoms with Crippen molar-refractivity contribution in [1.29, 1.82) is 0 Å². The normalized spacial score (nSPS) is 15.3. The molecule has 15 heavy (non-hydrogen) atoms. The molecule has 1 N–H and O–H groups in total. The van der Waals surface area contributed by atoms with Crippen LogP contribution >= 0.6 is 0 Å². The average molecular weight is 213 g/mol. The van der Waals surface area contributed by atoms with E-state index in [-0.39, 0.29) is 22.8 Å². The summed E-state index contributed by atoms with van der Waals surface area (Å²) in [6, 6.07) is 0. The van der Waals surface area contributed by atoms with Crippen molar-refractivity contribution >= 4 is 5.91 Å². The molecule has 1 amide bonds. The Kier molecular flexibility index (Phi) is 4.38. The molecule has 0 rings (SSSR count). The maximum atomic E-state index is 12.1. The minimum atomic E-state index is -0.143. The Morgan fingerprint density at radius 2 is 1.40 bits per heavy atom. The predicted molar refractivity (Wildman–Crippen MR) is 65.7 cm³/mol. The van der Waals surface area contributed by atoms with E-state index < -0.39 is 0 Å². The molecule has 0 saturated heterocycles. The highest BCUT2D eigenvalue weighted by Crippen LogP contribution is 2.32. The van der Waals surface area contributed by atoms with Crippen LogP contribution in [0.5, 0.6) is 0 Å². The van der Waals surface area contributed by atoms with Crippen LogP contribution in [0.1, 0.15) is 55.4 Å². The van der Waals surface area contributed by atoms with E-state index in [0.29, 0.717) is 5.92 Å². The van der Waals surface area contributed by atoms with Gasteiger partial charge in [-0.1, -0.05) is 34.6 Å². The van der Waals surface area contributed by atoms with Gasteiger partial charge in [0, 0.05) is 11.5 Å². The third kappa shape index (κ3) is 5.19. The van der Waals surface area contributed by atoms with Crippen molar-refractivity contribution < 1.29 is 4.79 Å². The number of carbonyl (C=O) groups is 1. The predicted octanol–water partition coefficient (Wildman–Crippen LogP) is 3.22. The molecule has 90 valence electrons. The third-order valence-corrected chi connectivity index (χ3v) is 2.38. The molecule has 0 aromatic carbocycles. The molecule has 0 aliphatic heterocycles. The molecule has 0 radical (unpaired) electrons. The van der Waals surface area contributed by atoms with Crippen LogP contribution in [-0.2, 0) is 4.79 Å². The molecule has 2 heteroatoms. The number of hydrogen-bond donors (Lipinski definition) is 1. The van der Waals surface area contributed by atoms with Gasteiger partial charge in [0.25, 0.3) is 0 Å². The molecular formula is C13H27NO. The van der Waals surface area contributed by atoms with E-state index in [0.717, 1.165) is 0 Å². The first-order chi connectivity index (χ1) is 6.45. The van der Waals surface area contributed by atoms with E-state index in [1.165, 1.54) is 0 Å². The van der Waals surface area contributed by atoms with Crippen LogP contribution in [0, 0.1) is 17.3 Å². The summed E-state index contributed by atoms with van der Waals surface area (Å²) in [5.74, 6) is 0.606. The van der Waals surface area contributed by atoms with Crippen LogP contribution in [0.15, 0.2) is 0 Å². The van der Waals surface area contributed by atoms with Gasteiger partial charge in [-0.15, -0.1) is 0 Å². The van der Waals surface area contributed by atoms with Crippen LogP contribution in [0.4, 0.5) is 0 Å². The topological polar surface area (TPSA) is 29.1 Å². The highest BCUT2D eigenvalue weighted by atomic mass is 16.2. The van der Waals surface area contributed by atoms with Crippen molar-refractivity contribution in [2.45, 2.75) is 60.9 Å². The number of carbonyl (C=O) groups excluding carboxylic acids is 1. The molecule has 0 heterocycles. The smallest absolute Gasteiger partial charge is 0.224 e. The molecule has 0 fully saturated rings. The molecule has 0 saturated carbocycles. The van der Waals surface area contributed by atoms with Gasteiger partial charge in [0.05, 0.1) is 0 Å². The lowest BCUT2D eigenvalue weighted by Gasteiger charge is -2.35. The molecule has 0 bridgehead atoms. The fourth-order valence-corrected chi connectivity index (χ4v) is 2.14. The first kappa shape index (κ1) is 14.5. The van der Waals surface area contributed by atoms with Crippen molar-refractivity contribution in [3.8, 4) is 0 Å². The molecule has 1 atom stereocenters. The zero-order valence-electron chi connectivity index (χ0n) is 11.6. The van der Waals surface area contributed by atoms with Gasteiger partial charge in [-0.2, -0.15) is 0 Å². The lowest BCUT2D eigenvalue weighted by Crippen LogP contribution is -2.48. The van der Waals surface area contributed by atoms with Gasteiger partial charge in [0.2, 0.25) is 5.91 Å². The third-order valence-electron chi connectivity index (χ3n) is 2.38. The minimum Gasteiger partial charge on any atom is -0.351 e. The second-order valence-electron chi connectivity index (χ2n) is 6.83. The summed E-state index contributed by atoms with van der Waals surface area (Å²) in [6.45, 7) is 16.6. The second kappa shape index (κ2) is 4.54. The molecule has 2 nitrogen and oxygen atoms in total. The lowest BCUT2D eigenvalue weighted by molar-refractivity contribution is -0.131.